The molecule has 0 fully saturated rings. The molecule has 2 N–H and O–H groups in total. The third kappa shape index (κ3) is 2.56. The number of hydrogen-bond acceptors (Lipinski definition) is 4. The quantitative estimate of drug-likeness (QED) is 0.891. The average Bonchev–Trinajstić information content (AvgIpc) is 2.66. The number of phenols is 1. The molecule has 2 rings (SSSR count). The van der Waals surface area contributed by atoms with Crippen molar-refractivity contribution >= 4 is 27.4 Å². The maximum Gasteiger partial charge on any atom is 0.341 e. The van der Waals surface area contributed by atoms with Gasteiger partial charge in [-0.25, -0.2) is 4.79 Å². The molecule has 0 bridgehead atoms. The molecular weight excluding hydrogens is 252 g/mol. The summed E-state index contributed by atoms with van der Waals surface area (Å²) < 4.78 is 6.11. The Bertz CT molecular complexity index is 586. The number of hydrogen-bond donors (Lipinski definition) is 2. The molecule has 0 unspecified atom stereocenters. The molecule has 4 nitrogen and oxygen atoms in total. The Balaban J connectivity index is 2.36. The van der Waals surface area contributed by atoms with Crippen LogP contribution in [0.2, 0.25) is 0 Å². The second-order valence-corrected chi connectivity index (χ2v) is 5.40. The van der Waals surface area contributed by atoms with Gasteiger partial charge in [-0.15, -0.1) is 0 Å². The number of thiophene rings is 1. The van der Waals surface area contributed by atoms with Crippen LogP contribution in [0.3, 0.4) is 0 Å². The van der Waals surface area contributed by atoms with Crippen molar-refractivity contribution in [2.75, 3.05) is 6.61 Å². The highest BCUT2D eigenvalue weighted by Crippen LogP contribution is 2.37. The van der Waals surface area contributed by atoms with E-state index in [0.29, 0.717) is 5.06 Å². The van der Waals surface area contributed by atoms with Gasteiger partial charge in [0.1, 0.15) is 5.75 Å². The van der Waals surface area contributed by atoms with Crippen LogP contribution in [0.15, 0.2) is 18.2 Å². The van der Waals surface area contributed by atoms with Crippen molar-refractivity contribution in [1.82, 2.24) is 0 Å². The van der Waals surface area contributed by atoms with Gasteiger partial charge in [0.05, 0.1) is 0 Å². The highest BCUT2D eigenvalue weighted by atomic mass is 32.1. The van der Waals surface area contributed by atoms with Crippen LogP contribution in [0.25, 0.3) is 10.1 Å². The highest BCUT2D eigenvalue weighted by molar-refractivity contribution is 7.20. The lowest BCUT2D eigenvalue weighted by atomic mass is 10.0. The molecule has 96 valence electrons. The molecule has 5 heteroatoms. The van der Waals surface area contributed by atoms with Crippen molar-refractivity contribution < 1.29 is 19.7 Å². The number of rotatable bonds is 4. The maximum atomic E-state index is 10.4. The van der Waals surface area contributed by atoms with Crippen molar-refractivity contribution in [3.63, 3.8) is 0 Å². The Labute approximate surface area is 108 Å². The van der Waals surface area contributed by atoms with Gasteiger partial charge in [-0.1, -0.05) is 25.2 Å². The second-order valence-electron chi connectivity index (χ2n) is 4.35. The topological polar surface area (TPSA) is 66.8 Å². The van der Waals surface area contributed by atoms with Crippen LogP contribution in [-0.2, 0) is 4.79 Å². The minimum absolute atomic E-state index is 0.236. The van der Waals surface area contributed by atoms with E-state index in [0.717, 1.165) is 15.6 Å². The van der Waals surface area contributed by atoms with Gasteiger partial charge in [-0.2, -0.15) is 0 Å². The first-order valence-corrected chi connectivity index (χ1v) is 6.40. The molecule has 0 amide bonds. The average molecular weight is 266 g/mol. The third-order valence-corrected chi connectivity index (χ3v) is 3.61. The molecule has 18 heavy (non-hydrogen) atoms. The Morgan fingerprint density at radius 2 is 2.11 bits per heavy atom. The second kappa shape index (κ2) is 4.86. The zero-order valence-corrected chi connectivity index (χ0v) is 11.0. The number of aromatic hydroxyl groups is 1. The minimum atomic E-state index is -1.00. The largest absolute Gasteiger partial charge is 0.508 e. The first-order chi connectivity index (χ1) is 8.47. The van der Waals surface area contributed by atoms with Gasteiger partial charge in [-0.05, 0) is 35.1 Å². The number of benzene rings is 1. The van der Waals surface area contributed by atoms with Crippen LogP contribution < -0.4 is 4.74 Å². The molecule has 1 aromatic heterocycles. The Hall–Kier alpha value is -1.75. The number of carbonyl (C=O) groups is 1. The standard InChI is InChI=1S/C13H14O4S/c1-7(2)9-5-11-8(3-10(9)14)4-13(18-11)17-6-12(15)16/h3-5,7,14H,6H2,1-2H3,(H,15,16). The molecule has 0 aliphatic rings. The number of ether oxygens (including phenoxy) is 1. The lowest BCUT2D eigenvalue weighted by molar-refractivity contribution is -0.139. The van der Waals surface area contributed by atoms with E-state index in [1.54, 1.807) is 12.1 Å². The van der Waals surface area contributed by atoms with Crippen LogP contribution in [0.1, 0.15) is 25.3 Å². The highest BCUT2D eigenvalue weighted by Gasteiger charge is 2.11. The third-order valence-electron chi connectivity index (χ3n) is 2.60. The van der Waals surface area contributed by atoms with E-state index >= 15 is 0 Å². The van der Waals surface area contributed by atoms with Gasteiger partial charge in [-0.3, -0.25) is 0 Å². The summed E-state index contributed by atoms with van der Waals surface area (Å²) in [6.45, 7) is 3.67. The predicted molar refractivity (Wildman–Crippen MR) is 70.7 cm³/mol. The Morgan fingerprint density at radius 1 is 1.39 bits per heavy atom. The summed E-state index contributed by atoms with van der Waals surface area (Å²) in [5.41, 5.74) is 0.883. The van der Waals surface area contributed by atoms with Crippen molar-refractivity contribution in [3.05, 3.63) is 23.8 Å². The first-order valence-electron chi connectivity index (χ1n) is 5.58. The van der Waals surface area contributed by atoms with E-state index in [4.69, 9.17) is 9.84 Å². The molecule has 0 aliphatic carbocycles. The van der Waals surface area contributed by atoms with E-state index < -0.39 is 5.97 Å². The van der Waals surface area contributed by atoms with E-state index in [9.17, 15) is 9.90 Å². The summed E-state index contributed by atoms with van der Waals surface area (Å²) >= 11 is 1.38. The Morgan fingerprint density at radius 3 is 2.72 bits per heavy atom. The van der Waals surface area contributed by atoms with Gasteiger partial charge < -0.3 is 14.9 Å². The molecule has 0 radical (unpaired) electrons. The number of aliphatic carboxylic acids is 1. The fourth-order valence-electron chi connectivity index (χ4n) is 1.73. The summed E-state index contributed by atoms with van der Waals surface area (Å²) in [6.07, 6.45) is 0. The molecule has 0 spiro atoms. The SMILES string of the molecule is CC(C)c1cc2sc(OCC(=O)O)cc2cc1O. The monoisotopic (exact) mass is 266 g/mol. The summed E-state index contributed by atoms with van der Waals surface area (Å²) in [6, 6.07) is 5.36. The van der Waals surface area contributed by atoms with Gasteiger partial charge in [0.2, 0.25) is 0 Å². The van der Waals surface area contributed by atoms with Crippen LogP contribution >= 0.6 is 11.3 Å². The van der Waals surface area contributed by atoms with Crippen molar-refractivity contribution in [1.29, 1.82) is 0 Å². The zero-order chi connectivity index (χ0) is 13.3. The Kier molecular flexibility index (Phi) is 3.43. The van der Waals surface area contributed by atoms with Gasteiger partial charge in [0.15, 0.2) is 11.7 Å². The van der Waals surface area contributed by atoms with Crippen molar-refractivity contribution in [2.45, 2.75) is 19.8 Å². The van der Waals surface area contributed by atoms with E-state index in [1.807, 2.05) is 19.9 Å². The predicted octanol–water partition coefficient (Wildman–Crippen LogP) is 3.19. The fourth-order valence-corrected chi connectivity index (χ4v) is 2.67. The first kappa shape index (κ1) is 12.7. The molecular formula is C13H14O4S. The number of carboxylic acids is 1. The molecule has 0 atom stereocenters. The molecule has 0 saturated carbocycles. The smallest absolute Gasteiger partial charge is 0.341 e. The van der Waals surface area contributed by atoms with E-state index in [1.165, 1.54) is 11.3 Å². The van der Waals surface area contributed by atoms with Crippen molar-refractivity contribution in [2.24, 2.45) is 0 Å². The van der Waals surface area contributed by atoms with Crippen LogP contribution in [0.4, 0.5) is 0 Å². The maximum absolute atomic E-state index is 10.4. The molecule has 2 aromatic rings. The molecule has 0 aliphatic heterocycles. The summed E-state index contributed by atoms with van der Waals surface area (Å²) in [5.74, 6) is -0.502. The van der Waals surface area contributed by atoms with Gasteiger partial charge in [0.25, 0.3) is 0 Å². The summed E-state index contributed by atoms with van der Waals surface area (Å²) in [4.78, 5) is 10.4. The summed E-state index contributed by atoms with van der Waals surface area (Å²) in [5, 5.41) is 19.8. The number of fused-ring (bicyclic) bond motifs is 1. The van der Waals surface area contributed by atoms with Crippen molar-refractivity contribution in [3.8, 4) is 10.8 Å². The van der Waals surface area contributed by atoms with E-state index in [2.05, 4.69) is 0 Å². The van der Waals surface area contributed by atoms with Crippen LogP contribution in [0.5, 0.6) is 10.8 Å². The minimum Gasteiger partial charge on any atom is -0.508 e. The zero-order valence-electron chi connectivity index (χ0n) is 10.1. The lowest BCUT2D eigenvalue weighted by Gasteiger charge is -2.07. The summed E-state index contributed by atoms with van der Waals surface area (Å²) in [7, 11) is 0. The van der Waals surface area contributed by atoms with Gasteiger partial charge in [0, 0.05) is 4.70 Å². The van der Waals surface area contributed by atoms with Crippen LogP contribution in [-0.4, -0.2) is 22.8 Å². The normalized spacial score (nSPS) is 11.1. The number of carboxylic acid groups (broad SMARTS) is 1. The molecule has 1 aromatic carbocycles. The lowest BCUT2D eigenvalue weighted by Crippen LogP contribution is -2.08. The fraction of sp³-hybridized carbons (Fsp3) is 0.308. The van der Waals surface area contributed by atoms with E-state index in [-0.39, 0.29) is 18.3 Å². The number of phenolic OH excluding ortho intramolecular Hbond substituents is 1. The molecule has 1 heterocycles. The molecule has 0 saturated heterocycles. The van der Waals surface area contributed by atoms with Crippen LogP contribution in [0, 0.1) is 0 Å². The van der Waals surface area contributed by atoms with Gasteiger partial charge >= 0.3 is 5.97 Å².